The van der Waals surface area contributed by atoms with Crippen LogP contribution in [0.1, 0.15) is 50.2 Å². The summed E-state index contributed by atoms with van der Waals surface area (Å²) in [5.41, 5.74) is 5.44. The molecule has 6 nitrogen and oxygen atoms in total. The van der Waals surface area contributed by atoms with Crippen LogP contribution in [-0.4, -0.2) is 33.3 Å². The molecule has 0 radical (unpaired) electrons. The molecule has 1 amide bonds. The molecule has 0 saturated carbocycles. The zero-order chi connectivity index (χ0) is 14.4. The summed E-state index contributed by atoms with van der Waals surface area (Å²) in [5, 5.41) is 7.45. The molecule has 1 aromatic heterocycles. The zero-order valence-corrected chi connectivity index (χ0v) is 13.5. The number of aromatic nitrogens is 3. The van der Waals surface area contributed by atoms with Crippen LogP contribution < -0.4 is 11.1 Å². The molecule has 0 saturated heterocycles. The highest BCUT2D eigenvalue weighted by Gasteiger charge is 2.21. The largest absolute Gasteiger partial charge is 0.351 e. The van der Waals surface area contributed by atoms with Crippen LogP contribution in [0.2, 0.25) is 0 Å². The highest BCUT2D eigenvalue weighted by molar-refractivity contribution is 5.85. The first-order valence-electron chi connectivity index (χ1n) is 7.59. The smallest absolute Gasteiger partial charge is 0.220 e. The van der Waals surface area contributed by atoms with Crippen LogP contribution in [0.5, 0.6) is 0 Å². The molecule has 0 bridgehead atoms. The molecule has 1 aliphatic heterocycles. The van der Waals surface area contributed by atoms with Gasteiger partial charge < -0.3 is 11.1 Å². The Balaban J connectivity index is 0.00000220. The minimum absolute atomic E-state index is 0. The number of unbranched alkanes of at least 4 members (excludes halogenated alkanes) is 3. The number of fused-ring (bicyclic) bond motifs is 1. The lowest BCUT2D eigenvalue weighted by Gasteiger charge is -2.23. The maximum atomic E-state index is 11.9. The Labute approximate surface area is 132 Å². The average Bonchev–Trinajstić information content (AvgIpc) is 2.78. The predicted octanol–water partition coefficient (Wildman–Crippen LogP) is 1.35. The van der Waals surface area contributed by atoms with E-state index in [9.17, 15) is 4.79 Å². The van der Waals surface area contributed by atoms with E-state index >= 15 is 0 Å². The van der Waals surface area contributed by atoms with Crippen molar-refractivity contribution in [2.45, 2.75) is 64.5 Å². The van der Waals surface area contributed by atoms with E-state index in [1.165, 1.54) is 0 Å². The Morgan fingerprint density at radius 2 is 2.14 bits per heavy atom. The fourth-order valence-corrected chi connectivity index (χ4v) is 2.63. The third kappa shape index (κ3) is 5.63. The second-order valence-electron chi connectivity index (χ2n) is 5.51. The average molecular weight is 316 g/mol. The molecule has 1 atom stereocenters. The molecule has 1 aliphatic rings. The van der Waals surface area contributed by atoms with Gasteiger partial charge in [0.25, 0.3) is 0 Å². The first kappa shape index (κ1) is 17.9. The zero-order valence-electron chi connectivity index (χ0n) is 12.7. The Bertz CT molecular complexity index is 449. The van der Waals surface area contributed by atoms with Crippen molar-refractivity contribution in [3.8, 4) is 0 Å². The van der Waals surface area contributed by atoms with Gasteiger partial charge in [0.05, 0.1) is 6.54 Å². The fraction of sp³-hybridized carbons (Fsp3) is 0.786. The first-order valence-corrected chi connectivity index (χ1v) is 7.59. The van der Waals surface area contributed by atoms with Crippen LogP contribution >= 0.6 is 12.4 Å². The van der Waals surface area contributed by atoms with Crippen LogP contribution in [0.25, 0.3) is 0 Å². The van der Waals surface area contributed by atoms with E-state index in [2.05, 4.69) is 15.4 Å². The summed E-state index contributed by atoms with van der Waals surface area (Å²) in [4.78, 5) is 16.3. The Kier molecular flexibility index (Phi) is 7.67. The van der Waals surface area contributed by atoms with Crippen molar-refractivity contribution in [2.75, 3.05) is 6.54 Å². The van der Waals surface area contributed by atoms with E-state index in [0.29, 0.717) is 6.42 Å². The molecule has 7 heteroatoms. The number of hydrogen-bond donors (Lipinski definition) is 2. The summed E-state index contributed by atoms with van der Waals surface area (Å²) in [6.45, 7) is 3.39. The molecular weight excluding hydrogens is 290 g/mol. The Hall–Kier alpha value is -1.14. The Morgan fingerprint density at radius 3 is 2.90 bits per heavy atom. The normalized spacial score (nSPS) is 17.0. The molecule has 2 rings (SSSR count). The van der Waals surface area contributed by atoms with Crippen LogP contribution in [0.3, 0.4) is 0 Å². The Morgan fingerprint density at radius 1 is 1.38 bits per heavy atom. The predicted molar refractivity (Wildman–Crippen MR) is 84.4 cm³/mol. The van der Waals surface area contributed by atoms with Gasteiger partial charge >= 0.3 is 0 Å². The molecule has 21 heavy (non-hydrogen) atoms. The van der Waals surface area contributed by atoms with E-state index in [1.807, 2.05) is 11.6 Å². The van der Waals surface area contributed by atoms with Gasteiger partial charge in [0.1, 0.15) is 11.6 Å². The van der Waals surface area contributed by atoms with Gasteiger partial charge in [-0.3, -0.25) is 4.79 Å². The van der Waals surface area contributed by atoms with Gasteiger partial charge in [-0.05, 0) is 32.7 Å². The number of rotatable bonds is 7. The van der Waals surface area contributed by atoms with Gasteiger partial charge in [-0.25, -0.2) is 9.67 Å². The summed E-state index contributed by atoms with van der Waals surface area (Å²) >= 11 is 0. The minimum atomic E-state index is 0. The third-order valence-electron chi connectivity index (χ3n) is 3.69. The van der Waals surface area contributed by atoms with E-state index < -0.39 is 0 Å². The number of carbonyl (C=O) groups is 1. The number of carbonyl (C=O) groups excluding carboxylic acids is 1. The maximum Gasteiger partial charge on any atom is 0.220 e. The van der Waals surface area contributed by atoms with Crippen molar-refractivity contribution >= 4 is 18.3 Å². The van der Waals surface area contributed by atoms with Crippen LogP contribution in [0, 0.1) is 6.92 Å². The van der Waals surface area contributed by atoms with Crippen molar-refractivity contribution in [1.82, 2.24) is 20.1 Å². The van der Waals surface area contributed by atoms with Crippen molar-refractivity contribution < 1.29 is 4.79 Å². The summed E-state index contributed by atoms with van der Waals surface area (Å²) in [5.74, 6) is 2.00. The van der Waals surface area contributed by atoms with Crippen molar-refractivity contribution in [3.05, 3.63) is 11.6 Å². The summed E-state index contributed by atoms with van der Waals surface area (Å²) < 4.78 is 1.92. The number of halogens is 1. The number of nitrogens with two attached hydrogens (primary N) is 1. The standard InChI is InChI=1S/C14H25N5O.ClH/c1-11-16-13-8-7-12(10-19(13)18-11)17-14(20)6-4-2-3-5-9-15;/h12H,2-10,15H2,1H3,(H,17,20);1H. The quantitative estimate of drug-likeness (QED) is 0.744. The van der Waals surface area contributed by atoms with E-state index in [0.717, 1.165) is 63.3 Å². The van der Waals surface area contributed by atoms with Crippen LogP contribution in [0.15, 0.2) is 0 Å². The van der Waals surface area contributed by atoms with Gasteiger partial charge in [0.2, 0.25) is 5.91 Å². The van der Waals surface area contributed by atoms with Gasteiger partial charge in [-0.15, -0.1) is 12.4 Å². The molecule has 1 aromatic rings. The van der Waals surface area contributed by atoms with Gasteiger partial charge in [-0.1, -0.05) is 12.8 Å². The SMILES string of the molecule is Cc1nc2n(n1)CC(NC(=O)CCCCCCN)CC2.Cl. The van der Waals surface area contributed by atoms with Gasteiger partial charge in [0.15, 0.2) is 0 Å². The number of aryl methyl sites for hydroxylation is 2. The number of hydrogen-bond acceptors (Lipinski definition) is 4. The van der Waals surface area contributed by atoms with Gasteiger partial charge in [0, 0.05) is 18.9 Å². The van der Waals surface area contributed by atoms with Crippen LogP contribution in [-0.2, 0) is 17.8 Å². The molecule has 0 spiro atoms. The lowest BCUT2D eigenvalue weighted by molar-refractivity contribution is -0.122. The molecule has 1 unspecified atom stereocenters. The summed E-state index contributed by atoms with van der Waals surface area (Å²) in [6, 6.07) is 0.195. The second-order valence-corrected chi connectivity index (χ2v) is 5.51. The number of nitrogens with zero attached hydrogens (tertiary/aromatic N) is 3. The van der Waals surface area contributed by atoms with E-state index in [1.54, 1.807) is 0 Å². The number of nitrogens with one attached hydrogen (secondary N) is 1. The van der Waals surface area contributed by atoms with E-state index in [-0.39, 0.29) is 24.4 Å². The molecule has 0 aliphatic carbocycles. The van der Waals surface area contributed by atoms with E-state index in [4.69, 9.17) is 5.73 Å². The molecule has 0 fully saturated rings. The highest BCUT2D eigenvalue weighted by Crippen LogP contribution is 2.13. The lowest BCUT2D eigenvalue weighted by Crippen LogP contribution is -2.41. The maximum absolute atomic E-state index is 11.9. The monoisotopic (exact) mass is 315 g/mol. The first-order chi connectivity index (χ1) is 9.69. The second kappa shape index (κ2) is 9.00. The molecular formula is C14H26ClN5O. The topological polar surface area (TPSA) is 85.8 Å². The highest BCUT2D eigenvalue weighted by atomic mass is 35.5. The number of amides is 1. The summed E-state index contributed by atoms with van der Waals surface area (Å²) in [7, 11) is 0. The fourth-order valence-electron chi connectivity index (χ4n) is 2.63. The molecule has 0 aromatic carbocycles. The molecule has 120 valence electrons. The van der Waals surface area contributed by atoms with Gasteiger partial charge in [-0.2, -0.15) is 5.10 Å². The lowest BCUT2D eigenvalue weighted by atomic mass is 10.1. The third-order valence-corrected chi connectivity index (χ3v) is 3.69. The van der Waals surface area contributed by atoms with Crippen molar-refractivity contribution in [3.63, 3.8) is 0 Å². The molecule has 2 heterocycles. The molecule has 3 N–H and O–H groups in total. The van der Waals surface area contributed by atoms with Crippen LogP contribution in [0.4, 0.5) is 0 Å². The van der Waals surface area contributed by atoms with Crippen molar-refractivity contribution in [1.29, 1.82) is 0 Å². The summed E-state index contributed by atoms with van der Waals surface area (Å²) in [6.07, 6.45) is 6.67. The minimum Gasteiger partial charge on any atom is -0.351 e. The van der Waals surface area contributed by atoms with Crippen molar-refractivity contribution in [2.24, 2.45) is 5.73 Å².